The average Bonchev–Trinajstić information content (AvgIpc) is 2.81. The van der Waals surface area contributed by atoms with Crippen LogP contribution in [0.3, 0.4) is 0 Å². The number of carbonyl (C=O) groups is 1. The standard InChI is InChI=1S/C13H24F3N5O3/c1-11(2,3)18-21(23)19-24-9-6-7-20(8-9)10(22)17-12(4,5)13(14,15)16/h9H,6-8H2,1-5H3,(H,17,22)(H,18,19)/t9-/m1/s1. The Hall–Kier alpha value is -1.78. The zero-order chi connectivity index (χ0) is 18.8. The first-order valence-electron chi connectivity index (χ1n) is 7.46. The number of carbonyl (C=O) groups excluding carboxylic acids is 1. The summed E-state index contributed by atoms with van der Waals surface area (Å²) in [4.78, 5) is 18.4. The molecule has 1 saturated heterocycles. The van der Waals surface area contributed by atoms with E-state index in [1.807, 2.05) is 5.32 Å². The van der Waals surface area contributed by atoms with E-state index in [9.17, 15) is 23.2 Å². The molecule has 1 heterocycles. The largest absolute Gasteiger partial charge is 0.570 e. The predicted molar refractivity (Wildman–Crippen MR) is 78.7 cm³/mol. The van der Waals surface area contributed by atoms with Crippen molar-refractivity contribution in [2.45, 2.75) is 64.4 Å². The smallest absolute Gasteiger partial charge is 0.411 e. The fraction of sp³-hybridized carbons (Fsp3) is 0.923. The maximum absolute atomic E-state index is 12.8. The maximum atomic E-state index is 12.8. The molecular formula is C13H24F3N5O3. The molecule has 2 amide bonds. The van der Waals surface area contributed by atoms with E-state index in [0.717, 1.165) is 13.8 Å². The van der Waals surface area contributed by atoms with E-state index in [4.69, 9.17) is 4.84 Å². The number of hydrogen-bond acceptors (Lipinski definition) is 4. The summed E-state index contributed by atoms with van der Waals surface area (Å²) in [6, 6.07) is -0.832. The molecular weight excluding hydrogens is 331 g/mol. The number of nitrogens with one attached hydrogen (secondary N) is 2. The Labute approximate surface area is 138 Å². The highest BCUT2D eigenvalue weighted by atomic mass is 19.4. The SMILES string of the molecule is CC(C)(C)N=[N+]([O-])NO[C@@H]1CCN(C(=O)NC(C)(C)C(F)(F)F)C1. The number of alkyl halides is 3. The molecule has 8 nitrogen and oxygen atoms in total. The van der Waals surface area contributed by atoms with Crippen molar-refractivity contribution in [3.63, 3.8) is 0 Å². The lowest BCUT2D eigenvalue weighted by atomic mass is 10.1. The number of urea groups is 1. The summed E-state index contributed by atoms with van der Waals surface area (Å²) < 4.78 is 38.4. The summed E-state index contributed by atoms with van der Waals surface area (Å²) in [6.45, 7) is 7.24. The van der Waals surface area contributed by atoms with Gasteiger partial charge in [-0.25, -0.2) is 9.63 Å². The molecule has 140 valence electrons. The van der Waals surface area contributed by atoms with Crippen LogP contribution in [0.5, 0.6) is 0 Å². The van der Waals surface area contributed by atoms with Crippen molar-refractivity contribution in [1.29, 1.82) is 0 Å². The van der Waals surface area contributed by atoms with Crippen LogP contribution in [0.15, 0.2) is 5.11 Å². The summed E-state index contributed by atoms with van der Waals surface area (Å²) in [7, 11) is 0. The number of nitrogens with zero attached hydrogens (tertiary/aromatic N) is 3. The molecule has 1 fully saturated rings. The van der Waals surface area contributed by atoms with E-state index in [0.29, 0.717) is 6.42 Å². The van der Waals surface area contributed by atoms with Crippen molar-refractivity contribution in [2.75, 3.05) is 13.1 Å². The Morgan fingerprint density at radius 1 is 1.29 bits per heavy atom. The Balaban J connectivity index is 2.49. The Kier molecular flexibility index (Phi) is 5.91. The first-order valence-corrected chi connectivity index (χ1v) is 7.46. The Morgan fingerprint density at radius 3 is 2.38 bits per heavy atom. The van der Waals surface area contributed by atoms with Gasteiger partial charge in [-0.1, -0.05) is 0 Å². The quantitative estimate of drug-likeness (QED) is 0.460. The van der Waals surface area contributed by atoms with Gasteiger partial charge in [0.05, 0.1) is 11.5 Å². The third-order valence-corrected chi connectivity index (χ3v) is 3.25. The van der Waals surface area contributed by atoms with Gasteiger partial charge in [0, 0.05) is 11.7 Å². The van der Waals surface area contributed by atoms with Crippen LogP contribution in [0, 0.1) is 5.21 Å². The van der Waals surface area contributed by atoms with Crippen molar-refractivity contribution in [3.05, 3.63) is 5.21 Å². The van der Waals surface area contributed by atoms with Gasteiger partial charge in [0.2, 0.25) is 0 Å². The van der Waals surface area contributed by atoms with Crippen molar-refractivity contribution < 1.29 is 27.8 Å². The molecule has 1 atom stereocenters. The van der Waals surface area contributed by atoms with Crippen LogP contribution < -0.4 is 10.9 Å². The summed E-state index contributed by atoms with van der Waals surface area (Å²) in [5, 5.41) is 17.1. The molecule has 0 bridgehead atoms. The zero-order valence-corrected chi connectivity index (χ0v) is 14.4. The molecule has 0 aromatic carbocycles. The number of likely N-dealkylation sites (tertiary alicyclic amines) is 1. The van der Waals surface area contributed by atoms with E-state index >= 15 is 0 Å². The lowest BCUT2D eigenvalue weighted by Gasteiger charge is -2.31. The van der Waals surface area contributed by atoms with Gasteiger partial charge in [0.15, 0.2) is 0 Å². The van der Waals surface area contributed by atoms with Crippen LogP contribution >= 0.6 is 0 Å². The van der Waals surface area contributed by atoms with Crippen LogP contribution in [0.25, 0.3) is 0 Å². The predicted octanol–water partition coefficient (Wildman–Crippen LogP) is 2.31. The van der Waals surface area contributed by atoms with Gasteiger partial charge in [-0.3, -0.25) is 0 Å². The second kappa shape index (κ2) is 6.99. The minimum Gasteiger partial charge on any atom is -0.570 e. The van der Waals surface area contributed by atoms with Crippen molar-refractivity contribution in [1.82, 2.24) is 15.8 Å². The zero-order valence-electron chi connectivity index (χ0n) is 14.4. The van der Waals surface area contributed by atoms with Gasteiger partial charge in [0.25, 0.3) is 0 Å². The number of amides is 2. The summed E-state index contributed by atoms with van der Waals surface area (Å²) in [6.07, 6.45) is -4.69. The van der Waals surface area contributed by atoms with Crippen LogP contribution in [0.2, 0.25) is 0 Å². The van der Waals surface area contributed by atoms with Crippen LogP contribution in [-0.2, 0) is 4.84 Å². The number of rotatable bonds is 4. The molecule has 0 spiro atoms. The fourth-order valence-electron chi connectivity index (χ4n) is 1.84. The first-order chi connectivity index (χ1) is 10.7. The van der Waals surface area contributed by atoms with Crippen molar-refractivity contribution in [3.8, 4) is 0 Å². The van der Waals surface area contributed by atoms with Crippen LogP contribution in [0.4, 0.5) is 18.0 Å². The molecule has 24 heavy (non-hydrogen) atoms. The molecule has 0 radical (unpaired) electrons. The number of hydrazine groups is 1. The number of hydrogen-bond donors (Lipinski definition) is 2. The van der Waals surface area contributed by atoms with Gasteiger partial charge in [-0.2, -0.15) is 13.2 Å². The topological polar surface area (TPSA) is 92.0 Å². The molecule has 1 rings (SSSR count). The van der Waals surface area contributed by atoms with Crippen molar-refractivity contribution >= 4 is 6.03 Å². The summed E-state index contributed by atoms with van der Waals surface area (Å²) in [5.74, 6) is 0. The molecule has 0 aliphatic carbocycles. The minimum atomic E-state index is -4.56. The molecule has 0 unspecified atom stereocenters. The van der Waals surface area contributed by atoms with Gasteiger partial charge in [-0.15, -0.1) is 0 Å². The van der Waals surface area contributed by atoms with Gasteiger partial charge in [0.1, 0.15) is 17.2 Å². The highest BCUT2D eigenvalue weighted by Gasteiger charge is 2.49. The molecule has 11 heteroatoms. The average molecular weight is 355 g/mol. The van der Waals surface area contributed by atoms with Crippen LogP contribution in [-0.4, -0.2) is 52.3 Å². The van der Waals surface area contributed by atoms with E-state index in [1.54, 1.807) is 20.8 Å². The lowest BCUT2D eigenvalue weighted by Crippen LogP contribution is -2.57. The molecule has 2 N–H and O–H groups in total. The van der Waals surface area contributed by atoms with E-state index in [2.05, 4.69) is 10.7 Å². The molecule has 0 aromatic heterocycles. The third-order valence-electron chi connectivity index (χ3n) is 3.25. The summed E-state index contributed by atoms with van der Waals surface area (Å²) in [5.41, 5.74) is -0.843. The Morgan fingerprint density at radius 2 is 1.88 bits per heavy atom. The monoisotopic (exact) mass is 355 g/mol. The highest BCUT2D eigenvalue weighted by Crippen LogP contribution is 2.29. The minimum absolute atomic E-state index is 0.0656. The Bertz CT molecular complexity index is 488. The fourth-order valence-corrected chi connectivity index (χ4v) is 1.84. The molecule has 1 aliphatic heterocycles. The second-order valence-corrected chi connectivity index (χ2v) is 7.16. The van der Waals surface area contributed by atoms with Crippen LogP contribution in [0.1, 0.15) is 41.0 Å². The van der Waals surface area contributed by atoms with Gasteiger partial charge >= 0.3 is 12.2 Å². The molecule has 1 aliphatic rings. The number of halogens is 3. The van der Waals surface area contributed by atoms with Gasteiger partial charge < -0.3 is 15.4 Å². The maximum Gasteiger partial charge on any atom is 0.411 e. The third kappa shape index (κ3) is 6.02. The normalized spacial score (nSPS) is 20.2. The first kappa shape index (κ1) is 20.3. The molecule has 0 aromatic rings. The van der Waals surface area contributed by atoms with E-state index < -0.39 is 29.4 Å². The molecule has 0 saturated carbocycles. The van der Waals surface area contributed by atoms with E-state index in [-0.39, 0.29) is 18.1 Å². The van der Waals surface area contributed by atoms with Crippen molar-refractivity contribution in [2.24, 2.45) is 5.11 Å². The summed E-state index contributed by atoms with van der Waals surface area (Å²) >= 11 is 0. The van der Waals surface area contributed by atoms with E-state index in [1.165, 1.54) is 4.90 Å². The lowest BCUT2D eigenvalue weighted by molar-refractivity contribution is -0.652. The van der Waals surface area contributed by atoms with Gasteiger partial charge in [-0.05, 0) is 46.6 Å². The second-order valence-electron chi connectivity index (χ2n) is 7.16. The highest BCUT2D eigenvalue weighted by molar-refractivity contribution is 5.75.